The number of nitrogens with one attached hydrogen (secondary N) is 2. The van der Waals surface area contributed by atoms with E-state index in [1.165, 1.54) is 12.3 Å². The van der Waals surface area contributed by atoms with Crippen molar-refractivity contribution in [3.8, 4) is 17.6 Å². The van der Waals surface area contributed by atoms with Crippen LogP contribution in [0, 0.1) is 11.3 Å². The van der Waals surface area contributed by atoms with Crippen molar-refractivity contribution in [2.75, 3.05) is 37.9 Å². The van der Waals surface area contributed by atoms with Crippen molar-refractivity contribution in [1.82, 2.24) is 14.9 Å². The number of hydrogen-bond acceptors (Lipinski definition) is 8. The Morgan fingerprint density at radius 3 is 2.62 bits per heavy atom. The molecule has 0 radical (unpaired) electrons. The number of carbonyl (C=O) groups excluding carboxylic acids is 1. The number of likely N-dealkylation sites (N-methyl/N-ethyl adjacent to an activating group) is 1. The molecule has 0 unspecified atom stereocenters. The Hall–Kier alpha value is -4.65. The minimum absolute atomic E-state index is 0.280. The number of rotatable bonds is 11. The van der Waals surface area contributed by atoms with Crippen LogP contribution in [0.2, 0.25) is 5.02 Å². The highest BCUT2D eigenvalue weighted by atomic mass is 35.5. The lowest BCUT2D eigenvalue weighted by atomic mass is 10.1. The Morgan fingerprint density at radius 2 is 1.93 bits per heavy atom. The van der Waals surface area contributed by atoms with Gasteiger partial charge in [0.1, 0.15) is 29.9 Å². The highest BCUT2D eigenvalue weighted by molar-refractivity contribution is 6.32. The summed E-state index contributed by atoms with van der Waals surface area (Å²) in [6, 6.07) is 16.6. The number of nitriles is 1. The van der Waals surface area contributed by atoms with E-state index in [0.717, 1.165) is 5.69 Å². The Balaban J connectivity index is 1.65. The molecular formula is C30H29ClN6O3. The van der Waals surface area contributed by atoms with Crippen LogP contribution in [0.15, 0.2) is 73.1 Å². The largest absolute Gasteiger partial charge is 0.492 e. The summed E-state index contributed by atoms with van der Waals surface area (Å²) in [6.07, 6.45) is 6.40. The van der Waals surface area contributed by atoms with Crippen molar-refractivity contribution < 1.29 is 14.3 Å². The second kappa shape index (κ2) is 13.4. The van der Waals surface area contributed by atoms with E-state index in [9.17, 15) is 10.1 Å². The highest BCUT2D eigenvalue weighted by Crippen LogP contribution is 2.38. The molecule has 10 heteroatoms. The number of nitrogens with zero attached hydrogens (tertiary/aromatic N) is 4. The van der Waals surface area contributed by atoms with Crippen LogP contribution in [0.5, 0.6) is 11.5 Å². The summed E-state index contributed by atoms with van der Waals surface area (Å²) in [5.74, 6) is 0.667. The van der Waals surface area contributed by atoms with Crippen LogP contribution in [0.3, 0.4) is 0 Å². The number of ether oxygens (including phenoxy) is 2. The van der Waals surface area contributed by atoms with Gasteiger partial charge >= 0.3 is 0 Å². The van der Waals surface area contributed by atoms with Gasteiger partial charge in [-0.05, 0) is 63.5 Å². The van der Waals surface area contributed by atoms with Gasteiger partial charge in [0.2, 0.25) is 5.91 Å². The van der Waals surface area contributed by atoms with Gasteiger partial charge in [-0.1, -0.05) is 23.7 Å². The molecule has 0 saturated carbocycles. The van der Waals surface area contributed by atoms with Gasteiger partial charge in [0, 0.05) is 36.1 Å². The molecule has 0 fully saturated rings. The number of anilines is 3. The third-order valence-electron chi connectivity index (χ3n) is 5.71. The maximum Gasteiger partial charge on any atom is 0.248 e. The molecule has 0 aliphatic heterocycles. The van der Waals surface area contributed by atoms with Crippen molar-refractivity contribution in [2.24, 2.45) is 0 Å². The first-order chi connectivity index (χ1) is 19.4. The number of aromatic nitrogens is 2. The quantitative estimate of drug-likeness (QED) is 0.218. The molecule has 0 bridgehead atoms. The lowest BCUT2D eigenvalue weighted by molar-refractivity contribution is -0.111. The van der Waals surface area contributed by atoms with Crippen LogP contribution >= 0.6 is 11.6 Å². The zero-order valence-corrected chi connectivity index (χ0v) is 23.2. The number of fused-ring (bicyclic) bond motifs is 1. The molecule has 0 spiro atoms. The maximum absolute atomic E-state index is 12.7. The molecule has 0 aliphatic carbocycles. The summed E-state index contributed by atoms with van der Waals surface area (Å²) in [4.78, 5) is 23.4. The van der Waals surface area contributed by atoms with Gasteiger partial charge in [-0.3, -0.25) is 14.8 Å². The summed E-state index contributed by atoms with van der Waals surface area (Å²) >= 11 is 6.52. The number of hydrogen-bond donors (Lipinski definition) is 2. The minimum atomic E-state index is -0.316. The topological polar surface area (TPSA) is 112 Å². The molecular weight excluding hydrogens is 528 g/mol. The van der Waals surface area contributed by atoms with Gasteiger partial charge in [-0.25, -0.2) is 0 Å². The second-order valence-electron chi connectivity index (χ2n) is 8.96. The van der Waals surface area contributed by atoms with Crippen molar-refractivity contribution in [3.05, 3.63) is 89.4 Å². The first-order valence-electron chi connectivity index (χ1n) is 12.6. The Labute approximate surface area is 238 Å². The Morgan fingerprint density at radius 1 is 1.10 bits per heavy atom. The molecule has 2 N–H and O–H groups in total. The summed E-state index contributed by atoms with van der Waals surface area (Å²) in [5.41, 5.74) is 3.17. The van der Waals surface area contributed by atoms with Gasteiger partial charge < -0.3 is 25.0 Å². The Bertz CT molecular complexity index is 1570. The van der Waals surface area contributed by atoms with E-state index >= 15 is 0 Å². The lowest BCUT2D eigenvalue weighted by Gasteiger charge is -2.17. The second-order valence-corrected chi connectivity index (χ2v) is 9.37. The molecule has 9 nitrogen and oxygen atoms in total. The van der Waals surface area contributed by atoms with Crippen LogP contribution in [-0.2, 0) is 11.4 Å². The zero-order valence-electron chi connectivity index (χ0n) is 22.4. The minimum Gasteiger partial charge on any atom is -0.492 e. The van der Waals surface area contributed by atoms with E-state index in [2.05, 4.69) is 26.7 Å². The predicted octanol–water partition coefficient (Wildman–Crippen LogP) is 5.93. The van der Waals surface area contributed by atoms with Crippen molar-refractivity contribution in [3.63, 3.8) is 0 Å². The van der Waals surface area contributed by atoms with Gasteiger partial charge in [0.25, 0.3) is 0 Å². The molecule has 204 valence electrons. The maximum atomic E-state index is 12.7. The molecule has 1 amide bonds. The van der Waals surface area contributed by atoms with Crippen LogP contribution < -0.4 is 20.1 Å². The van der Waals surface area contributed by atoms with E-state index in [0.29, 0.717) is 63.2 Å². The molecule has 2 aromatic carbocycles. The van der Waals surface area contributed by atoms with Crippen LogP contribution in [0.25, 0.3) is 10.9 Å². The molecule has 0 aliphatic rings. The van der Waals surface area contributed by atoms with Crippen LogP contribution in [0.4, 0.5) is 17.1 Å². The van der Waals surface area contributed by atoms with E-state index in [4.69, 9.17) is 21.1 Å². The molecule has 4 aromatic rings. The van der Waals surface area contributed by atoms with Gasteiger partial charge in [-0.2, -0.15) is 5.26 Å². The number of halogens is 1. The molecule has 0 saturated heterocycles. The van der Waals surface area contributed by atoms with Gasteiger partial charge in [0.05, 0.1) is 34.1 Å². The van der Waals surface area contributed by atoms with Crippen LogP contribution in [0.1, 0.15) is 18.2 Å². The zero-order chi connectivity index (χ0) is 28.5. The summed E-state index contributed by atoms with van der Waals surface area (Å²) < 4.78 is 11.6. The fraction of sp³-hybridized carbons (Fsp3) is 0.200. The fourth-order valence-corrected chi connectivity index (χ4v) is 4.11. The lowest BCUT2D eigenvalue weighted by Crippen LogP contribution is -2.14. The SMILES string of the molecule is CCOc1ccc2c(Nc3ccc(OCc4ccccn4)c(Cl)c3)c(C#N)cnc2c1NC(=O)C=CCN(C)C. The fourth-order valence-electron chi connectivity index (χ4n) is 3.87. The molecule has 4 rings (SSSR count). The average molecular weight is 557 g/mol. The summed E-state index contributed by atoms with van der Waals surface area (Å²) in [7, 11) is 3.84. The smallest absolute Gasteiger partial charge is 0.248 e. The van der Waals surface area contributed by atoms with E-state index in [1.807, 2.05) is 44.1 Å². The first kappa shape index (κ1) is 28.4. The Kier molecular flexibility index (Phi) is 9.52. The third-order valence-corrected chi connectivity index (χ3v) is 6.01. The number of carbonyl (C=O) groups is 1. The monoisotopic (exact) mass is 556 g/mol. The van der Waals surface area contributed by atoms with Gasteiger partial charge in [0.15, 0.2) is 0 Å². The van der Waals surface area contributed by atoms with E-state index < -0.39 is 0 Å². The standard InChI is InChI=1S/C30H29ClN6O3/c1-4-39-26-13-11-23-28(20(17-32)18-34-29(23)30(26)36-27(38)9-7-15-37(2)3)35-21-10-12-25(24(31)16-21)40-19-22-8-5-6-14-33-22/h5-14,16,18H,4,15,19H2,1-3H3,(H,34,35)(H,36,38). The third kappa shape index (κ3) is 7.05. The molecule has 2 heterocycles. The van der Waals surface area contributed by atoms with Gasteiger partial charge in [-0.15, -0.1) is 0 Å². The van der Waals surface area contributed by atoms with Crippen molar-refractivity contribution >= 4 is 45.5 Å². The molecule has 2 aromatic heterocycles. The highest BCUT2D eigenvalue weighted by Gasteiger charge is 2.18. The molecule has 40 heavy (non-hydrogen) atoms. The predicted molar refractivity (Wildman–Crippen MR) is 157 cm³/mol. The van der Waals surface area contributed by atoms with E-state index in [-0.39, 0.29) is 12.5 Å². The first-order valence-corrected chi connectivity index (χ1v) is 13.0. The van der Waals surface area contributed by atoms with Crippen molar-refractivity contribution in [2.45, 2.75) is 13.5 Å². The number of benzene rings is 2. The average Bonchev–Trinajstić information content (AvgIpc) is 2.94. The number of amides is 1. The normalized spacial score (nSPS) is 11.0. The number of pyridine rings is 2. The van der Waals surface area contributed by atoms with Crippen LogP contribution in [-0.4, -0.2) is 48.0 Å². The van der Waals surface area contributed by atoms with Crippen molar-refractivity contribution in [1.29, 1.82) is 5.26 Å². The van der Waals surface area contributed by atoms with E-state index in [1.54, 1.807) is 42.6 Å². The summed E-state index contributed by atoms with van der Waals surface area (Å²) in [5, 5.41) is 17.1. The molecule has 0 atom stereocenters. The summed E-state index contributed by atoms with van der Waals surface area (Å²) in [6.45, 7) is 3.16.